The Morgan fingerprint density at radius 3 is 2.46 bits per heavy atom. The lowest BCUT2D eigenvalue weighted by Gasteiger charge is -2.34. The van der Waals surface area contributed by atoms with E-state index in [0.29, 0.717) is 31.7 Å². The van der Waals surface area contributed by atoms with Gasteiger partial charge in [-0.1, -0.05) is 13.8 Å². The molecule has 3 rings (SSSR count). The molecule has 2 heterocycles. The van der Waals surface area contributed by atoms with Gasteiger partial charge < -0.3 is 9.47 Å². The van der Waals surface area contributed by atoms with Crippen LogP contribution in [0, 0.1) is 5.92 Å². The molecular formula is C16H22N4O3S. The number of fused-ring (bicyclic) bond motifs is 1. The van der Waals surface area contributed by atoms with Gasteiger partial charge in [0.15, 0.2) is 0 Å². The average molecular weight is 350 g/mol. The fourth-order valence-corrected chi connectivity index (χ4v) is 4.38. The third kappa shape index (κ3) is 2.91. The lowest BCUT2D eigenvalue weighted by molar-refractivity contribution is -0.135. The van der Waals surface area contributed by atoms with E-state index >= 15 is 0 Å². The second-order valence-electron chi connectivity index (χ2n) is 6.39. The molecule has 0 unspecified atom stereocenters. The summed E-state index contributed by atoms with van der Waals surface area (Å²) in [5.74, 6) is 0.00155. The number of imidazole rings is 1. The maximum Gasteiger partial charge on any atom is 0.243 e. The lowest BCUT2D eigenvalue weighted by Crippen LogP contribution is -2.51. The van der Waals surface area contributed by atoms with Crippen molar-refractivity contribution < 1.29 is 13.2 Å². The first-order valence-electron chi connectivity index (χ1n) is 8.00. The SMILES string of the molecule is CC(C)C(=O)N1CCN(S(=O)(=O)c2ccc3c(c2)ncn3C)CC1. The van der Waals surface area contributed by atoms with Crippen LogP contribution in [0.2, 0.25) is 0 Å². The van der Waals surface area contributed by atoms with Gasteiger partial charge in [0.25, 0.3) is 0 Å². The highest BCUT2D eigenvalue weighted by atomic mass is 32.2. The summed E-state index contributed by atoms with van der Waals surface area (Å²) in [6.45, 7) is 5.22. The van der Waals surface area contributed by atoms with Crippen LogP contribution in [0.1, 0.15) is 13.8 Å². The van der Waals surface area contributed by atoms with E-state index in [2.05, 4.69) is 4.98 Å². The van der Waals surface area contributed by atoms with Gasteiger partial charge in [0.05, 0.1) is 22.3 Å². The first kappa shape index (κ1) is 16.9. The maximum atomic E-state index is 12.8. The molecule has 1 aromatic heterocycles. The van der Waals surface area contributed by atoms with E-state index in [1.54, 1.807) is 29.4 Å². The summed E-state index contributed by atoms with van der Waals surface area (Å²) in [4.78, 5) is 18.2. The van der Waals surface area contributed by atoms with Crippen molar-refractivity contribution in [3.8, 4) is 0 Å². The van der Waals surface area contributed by atoms with E-state index in [-0.39, 0.29) is 16.7 Å². The molecule has 0 bridgehead atoms. The van der Waals surface area contributed by atoms with Gasteiger partial charge >= 0.3 is 0 Å². The summed E-state index contributed by atoms with van der Waals surface area (Å²) in [6, 6.07) is 5.00. The van der Waals surface area contributed by atoms with Crippen LogP contribution < -0.4 is 0 Å². The lowest BCUT2D eigenvalue weighted by atomic mass is 10.2. The molecule has 1 fully saturated rings. The van der Waals surface area contributed by atoms with Gasteiger partial charge in [-0.2, -0.15) is 4.31 Å². The van der Waals surface area contributed by atoms with Gasteiger partial charge in [-0.25, -0.2) is 13.4 Å². The Morgan fingerprint density at radius 2 is 1.83 bits per heavy atom. The van der Waals surface area contributed by atoms with Crippen molar-refractivity contribution >= 4 is 27.0 Å². The smallest absolute Gasteiger partial charge is 0.243 e. The van der Waals surface area contributed by atoms with Gasteiger partial charge in [0.2, 0.25) is 15.9 Å². The van der Waals surface area contributed by atoms with E-state index in [1.807, 2.05) is 25.5 Å². The number of hydrogen-bond donors (Lipinski definition) is 0. The number of aryl methyl sites for hydroxylation is 1. The van der Waals surface area contributed by atoms with Gasteiger partial charge in [-0.05, 0) is 18.2 Å². The molecular weight excluding hydrogens is 328 g/mol. The topological polar surface area (TPSA) is 75.5 Å². The minimum Gasteiger partial charge on any atom is -0.340 e. The molecule has 0 N–H and O–H groups in total. The monoisotopic (exact) mass is 350 g/mol. The molecule has 1 aromatic carbocycles. The minimum absolute atomic E-state index is 0.0697. The highest BCUT2D eigenvalue weighted by molar-refractivity contribution is 7.89. The Morgan fingerprint density at radius 1 is 1.17 bits per heavy atom. The van der Waals surface area contributed by atoms with Crippen LogP contribution in [0.25, 0.3) is 11.0 Å². The molecule has 1 amide bonds. The zero-order chi connectivity index (χ0) is 17.5. The summed E-state index contributed by atoms with van der Waals surface area (Å²) >= 11 is 0. The minimum atomic E-state index is -3.57. The first-order valence-corrected chi connectivity index (χ1v) is 9.44. The molecule has 1 aliphatic rings. The largest absolute Gasteiger partial charge is 0.340 e. The highest BCUT2D eigenvalue weighted by Gasteiger charge is 2.30. The molecule has 0 saturated carbocycles. The van der Waals surface area contributed by atoms with Crippen LogP contribution in [-0.4, -0.2) is 59.3 Å². The number of carbonyl (C=O) groups is 1. The van der Waals surface area contributed by atoms with Crippen LogP contribution >= 0.6 is 0 Å². The number of benzene rings is 1. The Balaban J connectivity index is 1.79. The van der Waals surface area contributed by atoms with Crippen LogP contribution in [0.15, 0.2) is 29.4 Å². The first-order chi connectivity index (χ1) is 11.3. The van der Waals surface area contributed by atoms with Crippen LogP contribution in [-0.2, 0) is 21.9 Å². The third-order valence-electron chi connectivity index (χ3n) is 4.38. The molecule has 130 valence electrons. The van der Waals surface area contributed by atoms with E-state index in [1.165, 1.54) is 4.31 Å². The van der Waals surface area contributed by atoms with Gasteiger partial charge in [-0.15, -0.1) is 0 Å². The fourth-order valence-electron chi connectivity index (χ4n) is 2.94. The number of piperazine rings is 1. The summed E-state index contributed by atoms with van der Waals surface area (Å²) in [6.07, 6.45) is 1.66. The molecule has 1 saturated heterocycles. The highest BCUT2D eigenvalue weighted by Crippen LogP contribution is 2.22. The van der Waals surface area contributed by atoms with Crippen molar-refractivity contribution in [1.29, 1.82) is 0 Å². The quantitative estimate of drug-likeness (QED) is 0.830. The second-order valence-corrected chi connectivity index (χ2v) is 8.33. The number of amides is 1. The molecule has 0 radical (unpaired) electrons. The van der Waals surface area contributed by atoms with Gasteiger partial charge in [0, 0.05) is 39.1 Å². The number of sulfonamides is 1. The van der Waals surface area contributed by atoms with Crippen LogP contribution in [0.3, 0.4) is 0 Å². The Labute approximate surface area is 141 Å². The Bertz CT molecular complexity index is 865. The number of rotatable bonds is 3. The van der Waals surface area contributed by atoms with Crippen molar-refractivity contribution in [2.45, 2.75) is 18.7 Å². The fraction of sp³-hybridized carbons (Fsp3) is 0.500. The van der Waals surface area contributed by atoms with Crippen molar-refractivity contribution in [2.75, 3.05) is 26.2 Å². The van der Waals surface area contributed by atoms with Gasteiger partial charge in [0.1, 0.15) is 0 Å². The summed E-state index contributed by atoms with van der Waals surface area (Å²) in [5.41, 5.74) is 1.55. The molecule has 24 heavy (non-hydrogen) atoms. The van der Waals surface area contributed by atoms with Crippen molar-refractivity contribution in [2.24, 2.45) is 13.0 Å². The summed E-state index contributed by atoms with van der Waals surface area (Å²) in [7, 11) is -1.70. The summed E-state index contributed by atoms with van der Waals surface area (Å²) < 4.78 is 29.0. The molecule has 0 atom stereocenters. The predicted octanol–water partition coefficient (Wildman–Crippen LogP) is 1.06. The standard InChI is InChI=1S/C16H22N4O3S/c1-12(2)16(21)19-6-8-20(9-7-19)24(22,23)13-4-5-15-14(10-13)17-11-18(15)3/h4-5,10-12H,6-9H2,1-3H3. The van der Waals surface area contributed by atoms with Crippen LogP contribution in [0.4, 0.5) is 0 Å². The Kier molecular flexibility index (Phi) is 4.35. The molecule has 2 aromatic rings. The van der Waals surface area contributed by atoms with E-state index in [0.717, 1.165) is 5.52 Å². The molecule has 1 aliphatic heterocycles. The average Bonchev–Trinajstić information content (AvgIpc) is 2.95. The number of nitrogens with zero attached hydrogens (tertiary/aromatic N) is 4. The molecule has 7 nitrogen and oxygen atoms in total. The van der Waals surface area contributed by atoms with E-state index in [4.69, 9.17) is 0 Å². The van der Waals surface area contributed by atoms with Crippen molar-refractivity contribution in [1.82, 2.24) is 18.8 Å². The Hall–Kier alpha value is -1.93. The van der Waals surface area contributed by atoms with Crippen LogP contribution in [0.5, 0.6) is 0 Å². The third-order valence-corrected chi connectivity index (χ3v) is 6.27. The maximum absolute atomic E-state index is 12.8. The predicted molar refractivity (Wildman–Crippen MR) is 90.9 cm³/mol. The van der Waals surface area contributed by atoms with Crippen molar-refractivity contribution in [3.63, 3.8) is 0 Å². The zero-order valence-corrected chi connectivity index (χ0v) is 15.0. The molecule has 8 heteroatoms. The zero-order valence-electron chi connectivity index (χ0n) is 14.1. The van der Waals surface area contributed by atoms with E-state index in [9.17, 15) is 13.2 Å². The number of carbonyl (C=O) groups excluding carboxylic acids is 1. The summed E-state index contributed by atoms with van der Waals surface area (Å²) in [5, 5.41) is 0. The second kappa shape index (κ2) is 6.18. The van der Waals surface area contributed by atoms with Gasteiger partial charge in [-0.3, -0.25) is 4.79 Å². The molecule has 0 spiro atoms. The number of hydrogen-bond acceptors (Lipinski definition) is 4. The normalized spacial score (nSPS) is 16.9. The van der Waals surface area contributed by atoms with E-state index < -0.39 is 10.0 Å². The molecule has 0 aliphatic carbocycles. The van der Waals surface area contributed by atoms with Crippen molar-refractivity contribution in [3.05, 3.63) is 24.5 Å². The number of aromatic nitrogens is 2.